The number of halogens is 4. The number of hydrogen-bond donors (Lipinski definition) is 1. The summed E-state index contributed by atoms with van der Waals surface area (Å²) in [5.41, 5.74) is 1.08. The second kappa shape index (κ2) is 6.10. The minimum absolute atomic E-state index is 0.211. The van der Waals surface area contributed by atoms with Crippen molar-refractivity contribution in [2.45, 2.75) is 12.5 Å². The van der Waals surface area contributed by atoms with Crippen molar-refractivity contribution in [1.82, 2.24) is 0 Å². The Labute approximate surface area is 125 Å². The summed E-state index contributed by atoms with van der Waals surface area (Å²) in [6.07, 6.45) is -0.688. The van der Waals surface area contributed by atoms with E-state index in [0.717, 1.165) is 0 Å². The maximum Gasteiger partial charge on any atom is 0.124 e. The lowest BCUT2D eigenvalue weighted by atomic mass is 10.0. The van der Waals surface area contributed by atoms with E-state index in [9.17, 15) is 9.50 Å². The third kappa shape index (κ3) is 3.40. The molecule has 0 amide bonds. The number of rotatable bonds is 3. The van der Waals surface area contributed by atoms with E-state index in [1.54, 1.807) is 18.2 Å². The summed E-state index contributed by atoms with van der Waals surface area (Å²) in [5, 5.41) is 11.2. The van der Waals surface area contributed by atoms with Crippen LogP contribution in [0.25, 0.3) is 0 Å². The largest absolute Gasteiger partial charge is 0.388 e. The quantitative estimate of drug-likeness (QED) is 0.838. The van der Waals surface area contributed by atoms with Crippen LogP contribution in [0.15, 0.2) is 36.4 Å². The number of aliphatic hydroxyl groups excluding tert-OH is 1. The highest BCUT2D eigenvalue weighted by atomic mass is 35.5. The van der Waals surface area contributed by atoms with Crippen molar-refractivity contribution in [2.24, 2.45) is 0 Å². The fraction of sp³-hybridized carbons (Fsp3) is 0.143. The van der Waals surface area contributed by atoms with E-state index in [1.807, 2.05) is 0 Å². The maximum atomic E-state index is 12.9. The van der Waals surface area contributed by atoms with Crippen LogP contribution < -0.4 is 0 Å². The van der Waals surface area contributed by atoms with Crippen molar-refractivity contribution in [2.75, 3.05) is 0 Å². The van der Waals surface area contributed by atoms with Gasteiger partial charge in [-0.1, -0.05) is 46.9 Å². The minimum Gasteiger partial charge on any atom is -0.388 e. The first-order valence-electron chi connectivity index (χ1n) is 5.55. The van der Waals surface area contributed by atoms with Gasteiger partial charge in [0.25, 0.3) is 0 Å². The second-order valence-electron chi connectivity index (χ2n) is 4.09. The topological polar surface area (TPSA) is 20.2 Å². The molecule has 1 N–H and O–H groups in total. The van der Waals surface area contributed by atoms with Crippen LogP contribution in [0.1, 0.15) is 17.2 Å². The lowest BCUT2D eigenvalue weighted by molar-refractivity contribution is 0.178. The van der Waals surface area contributed by atoms with Gasteiger partial charge in [-0.05, 0) is 29.8 Å². The zero-order chi connectivity index (χ0) is 14.0. The molecule has 1 unspecified atom stereocenters. The van der Waals surface area contributed by atoms with E-state index >= 15 is 0 Å². The van der Waals surface area contributed by atoms with E-state index in [2.05, 4.69) is 0 Å². The van der Waals surface area contributed by atoms with Gasteiger partial charge in [0, 0.05) is 27.1 Å². The summed E-state index contributed by atoms with van der Waals surface area (Å²) >= 11 is 18.0. The molecule has 0 radical (unpaired) electrons. The highest BCUT2D eigenvalue weighted by molar-refractivity contribution is 6.36. The van der Waals surface area contributed by atoms with Gasteiger partial charge >= 0.3 is 0 Å². The third-order valence-corrected chi connectivity index (χ3v) is 3.77. The Morgan fingerprint density at radius 3 is 2.21 bits per heavy atom. The fourth-order valence-corrected chi connectivity index (χ4v) is 2.72. The Balaban J connectivity index is 2.28. The first-order chi connectivity index (χ1) is 8.99. The van der Waals surface area contributed by atoms with Gasteiger partial charge in [0.1, 0.15) is 5.82 Å². The van der Waals surface area contributed by atoms with Gasteiger partial charge in [-0.2, -0.15) is 0 Å². The molecule has 5 heteroatoms. The molecule has 2 aromatic carbocycles. The Bertz CT molecular complexity index is 581. The molecule has 0 aromatic heterocycles. The summed E-state index contributed by atoms with van der Waals surface area (Å²) in [7, 11) is 0. The average Bonchev–Trinajstić information content (AvgIpc) is 2.32. The molecule has 1 atom stereocenters. The molecule has 0 aliphatic carbocycles. The molecule has 2 aromatic rings. The van der Waals surface area contributed by atoms with Crippen LogP contribution in [0, 0.1) is 5.82 Å². The van der Waals surface area contributed by atoms with Crippen molar-refractivity contribution < 1.29 is 9.50 Å². The molecule has 0 fully saturated rings. The second-order valence-corrected chi connectivity index (χ2v) is 5.31. The van der Waals surface area contributed by atoms with Crippen molar-refractivity contribution >= 4 is 34.8 Å². The van der Waals surface area contributed by atoms with Crippen LogP contribution in [-0.2, 0) is 6.42 Å². The van der Waals surface area contributed by atoms with Crippen molar-refractivity contribution in [3.63, 3.8) is 0 Å². The Morgan fingerprint density at radius 2 is 1.63 bits per heavy atom. The summed E-state index contributed by atoms with van der Waals surface area (Å²) in [6, 6.07) is 9.04. The zero-order valence-electron chi connectivity index (χ0n) is 9.71. The molecule has 1 nitrogen and oxygen atoms in total. The Kier molecular flexibility index (Phi) is 4.69. The van der Waals surface area contributed by atoms with E-state index in [-0.39, 0.29) is 11.4 Å². The standard InChI is InChI=1S/C14H10Cl3FO/c15-10-2-1-3-11(16)14(10)13(19)6-8-4-5-9(18)7-12(8)17/h1-5,7,13,19H,6H2. The molecule has 0 spiro atoms. The first-order valence-corrected chi connectivity index (χ1v) is 6.68. The van der Waals surface area contributed by atoms with Gasteiger partial charge in [0.05, 0.1) is 6.10 Å². The molecule has 0 aliphatic rings. The molecule has 0 saturated heterocycles. The smallest absolute Gasteiger partial charge is 0.124 e. The molecular weight excluding hydrogens is 310 g/mol. The van der Waals surface area contributed by atoms with Gasteiger partial charge < -0.3 is 5.11 Å². The van der Waals surface area contributed by atoms with Crippen LogP contribution in [-0.4, -0.2) is 5.11 Å². The monoisotopic (exact) mass is 318 g/mol. The summed E-state index contributed by atoms with van der Waals surface area (Å²) in [5.74, 6) is -0.418. The molecule has 19 heavy (non-hydrogen) atoms. The molecule has 0 saturated carbocycles. The molecule has 0 heterocycles. The van der Waals surface area contributed by atoms with Gasteiger partial charge in [-0.3, -0.25) is 0 Å². The number of aliphatic hydroxyl groups is 1. The van der Waals surface area contributed by atoms with Crippen molar-refractivity contribution in [3.8, 4) is 0 Å². The third-order valence-electron chi connectivity index (χ3n) is 2.76. The zero-order valence-corrected chi connectivity index (χ0v) is 12.0. The molecule has 0 aliphatic heterocycles. The molecule has 2 rings (SSSR count). The average molecular weight is 320 g/mol. The Hall–Kier alpha value is -0.800. The van der Waals surface area contributed by atoms with Crippen LogP contribution in [0.2, 0.25) is 15.1 Å². The summed E-state index contributed by atoms with van der Waals surface area (Å²) in [6.45, 7) is 0. The van der Waals surface area contributed by atoms with E-state index in [1.165, 1.54) is 18.2 Å². The number of hydrogen-bond acceptors (Lipinski definition) is 1. The molecule has 0 bridgehead atoms. The van der Waals surface area contributed by atoms with E-state index in [0.29, 0.717) is 21.2 Å². The highest BCUT2D eigenvalue weighted by Gasteiger charge is 2.17. The summed E-state index contributed by atoms with van der Waals surface area (Å²) < 4.78 is 12.9. The SMILES string of the molecule is OC(Cc1ccc(F)cc1Cl)c1c(Cl)cccc1Cl. The normalized spacial score (nSPS) is 12.5. The van der Waals surface area contributed by atoms with E-state index < -0.39 is 11.9 Å². The van der Waals surface area contributed by atoms with Crippen LogP contribution in [0.3, 0.4) is 0 Å². The lowest BCUT2D eigenvalue weighted by Crippen LogP contribution is -2.04. The highest BCUT2D eigenvalue weighted by Crippen LogP contribution is 2.33. The lowest BCUT2D eigenvalue weighted by Gasteiger charge is -2.15. The first kappa shape index (κ1) is 14.6. The number of benzene rings is 2. The van der Waals surface area contributed by atoms with Crippen LogP contribution >= 0.6 is 34.8 Å². The molecular formula is C14H10Cl3FO. The van der Waals surface area contributed by atoms with Gasteiger partial charge in [-0.15, -0.1) is 0 Å². The fourth-order valence-electron chi connectivity index (χ4n) is 1.83. The minimum atomic E-state index is -0.899. The van der Waals surface area contributed by atoms with Crippen LogP contribution in [0.5, 0.6) is 0 Å². The van der Waals surface area contributed by atoms with Gasteiger partial charge in [-0.25, -0.2) is 4.39 Å². The maximum absolute atomic E-state index is 12.9. The predicted molar refractivity (Wildman–Crippen MR) is 76.5 cm³/mol. The predicted octanol–water partition coefficient (Wildman–Crippen LogP) is 5.06. The van der Waals surface area contributed by atoms with Crippen molar-refractivity contribution in [3.05, 3.63) is 68.4 Å². The van der Waals surface area contributed by atoms with Crippen LogP contribution in [0.4, 0.5) is 4.39 Å². The van der Waals surface area contributed by atoms with E-state index in [4.69, 9.17) is 34.8 Å². The van der Waals surface area contributed by atoms with Gasteiger partial charge in [0.15, 0.2) is 0 Å². The molecule has 100 valence electrons. The van der Waals surface area contributed by atoms with Crippen molar-refractivity contribution in [1.29, 1.82) is 0 Å². The van der Waals surface area contributed by atoms with Gasteiger partial charge in [0.2, 0.25) is 0 Å². The summed E-state index contributed by atoms with van der Waals surface area (Å²) in [4.78, 5) is 0. The Morgan fingerprint density at radius 1 is 1.00 bits per heavy atom.